The molecular weight excluding hydrogens is 299 g/mol. The molecule has 22 heavy (non-hydrogen) atoms. The smallest absolute Gasteiger partial charge is 0.481 e. The van der Waals surface area contributed by atoms with E-state index in [2.05, 4.69) is 0 Å². The number of hydrogen-bond donors (Lipinski definition) is 6. The van der Waals surface area contributed by atoms with Crippen molar-refractivity contribution in [3.8, 4) is 0 Å². The maximum absolute atomic E-state index is 9.60. The molecule has 0 aromatic heterocycles. The largest absolute Gasteiger partial charge is 0.631 e. The van der Waals surface area contributed by atoms with Crippen LogP contribution in [0.1, 0.15) is 59.3 Å². The van der Waals surface area contributed by atoms with Crippen molar-refractivity contribution >= 4 is 25.2 Å². The van der Waals surface area contributed by atoms with Crippen LogP contribution in [-0.2, 0) is 14.4 Å². The van der Waals surface area contributed by atoms with Gasteiger partial charge in [0.2, 0.25) is 0 Å². The van der Waals surface area contributed by atoms with E-state index in [1.807, 2.05) is 20.8 Å². The molecule has 0 aliphatic rings. The maximum Gasteiger partial charge on any atom is 0.631 e. The van der Waals surface area contributed by atoms with E-state index in [0.29, 0.717) is 19.3 Å². The normalized spacial score (nSPS) is 7.91. The van der Waals surface area contributed by atoms with Gasteiger partial charge in [0.15, 0.2) is 0 Å². The number of carboxylic acids is 3. The van der Waals surface area contributed by atoms with Crippen molar-refractivity contribution in [3.63, 3.8) is 0 Å². The Morgan fingerprint density at radius 1 is 0.636 bits per heavy atom. The summed E-state index contributed by atoms with van der Waals surface area (Å²) >= 11 is 0. The second-order valence-corrected chi connectivity index (χ2v) is 3.78. The Balaban J connectivity index is -0.0000000994. The fourth-order valence-corrected chi connectivity index (χ4v) is 0.642. The fourth-order valence-electron chi connectivity index (χ4n) is 0.642. The van der Waals surface area contributed by atoms with E-state index in [0.717, 1.165) is 19.3 Å². The van der Waals surface area contributed by atoms with Gasteiger partial charge < -0.3 is 30.4 Å². The van der Waals surface area contributed by atoms with Crippen LogP contribution in [-0.4, -0.2) is 55.6 Å². The molecule has 0 aliphatic heterocycles. The Hall–Kier alpha value is -1.65. The summed E-state index contributed by atoms with van der Waals surface area (Å²) in [6, 6.07) is 0. The van der Waals surface area contributed by atoms with Gasteiger partial charge in [0.05, 0.1) is 0 Å². The molecule has 0 spiro atoms. The first-order chi connectivity index (χ1) is 10.0. The summed E-state index contributed by atoms with van der Waals surface area (Å²) in [5.74, 6) is -2.13. The van der Waals surface area contributed by atoms with Gasteiger partial charge in [0, 0.05) is 19.3 Å². The van der Waals surface area contributed by atoms with Crippen molar-refractivity contribution < 1.29 is 44.8 Å². The topological polar surface area (TPSA) is 173 Å². The molecule has 132 valence electrons. The van der Waals surface area contributed by atoms with Gasteiger partial charge in [-0.2, -0.15) is 0 Å². The SMILES string of the molecule is CCCC(=O)O.CCCC(=O)O.CCCC(=O)O.OB(O)O. The van der Waals surface area contributed by atoms with Crippen molar-refractivity contribution in [3.05, 3.63) is 0 Å². The van der Waals surface area contributed by atoms with Gasteiger partial charge in [-0.3, -0.25) is 14.4 Å². The molecule has 0 saturated carbocycles. The zero-order valence-corrected chi connectivity index (χ0v) is 13.2. The van der Waals surface area contributed by atoms with Crippen LogP contribution in [0.15, 0.2) is 0 Å². The molecule has 0 aromatic rings. The molecule has 0 saturated heterocycles. The molecule has 0 heterocycles. The number of rotatable bonds is 6. The van der Waals surface area contributed by atoms with Crippen LogP contribution in [0.25, 0.3) is 0 Å². The first kappa shape index (κ1) is 28.5. The number of carbonyl (C=O) groups is 3. The Morgan fingerprint density at radius 3 is 0.773 bits per heavy atom. The summed E-state index contributed by atoms with van der Waals surface area (Å²) in [6.45, 7) is 5.52. The lowest BCUT2D eigenvalue weighted by molar-refractivity contribution is -0.138. The predicted octanol–water partition coefficient (Wildman–Crippen LogP) is 0.561. The lowest BCUT2D eigenvalue weighted by Gasteiger charge is -1.79. The van der Waals surface area contributed by atoms with E-state index in [1.165, 1.54) is 0 Å². The van der Waals surface area contributed by atoms with Crippen molar-refractivity contribution in [1.82, 2.24) is 0 Å². The third-order valence-corrected chi connectivity index (χ3v) is 1.39. The van der Waals surface area contributed by atoms with E-state index in [1.54, 1.807) is 0 Å². The predicted molar refractivity (Wildman–Crippen MR) is 80.0 cm³/mol. The first-order valence-corrected chi connectivity index (χ1v) is 6.74. The zero-order valence-electron chi connectivity index (χ0n) is 13.2. The number of hydrogen-bond acceptors (Lipinski definition) is 6. The molecule has 0 unspecified atom stereocenters. The van der Waals surface area contributed by atoms with Gasteiger partial charge >= 0.3 is 25.2 Å². The molecule has 0 aromatic carbocycles. The summed E-state index contributed by atoms with van der Waals surface area (Å²) in [4.78, 5) is 28.8. The summed E-state index contributed by atoms with van der Waals surface area (Å²) in [5.41, 5.74) is 0. The van der Waals surface area contributed by atoms with Crippen molar-refractivity contribution in [2.24, 2.45) is 0 Å². The third kappa shape index (κ3) is 102. The average molecular weight is 326 g/mol. The van der Waals surface area contributed by atoms with Crippen LogP contribution >= 0.6 is 0 Å². The van der Waals surface area contributed by atoms with Crippen molar-refractivity contribution in [2.75, 3.05) is 0 Å². The minimum atomic E-state index is -2.17. The summed E-state index contributed by atoms with van der Waals surface area (Å²) < 4.78 is 0. The van der Waals surface area contributed by atoms with Crippen LogP contribution in [0, 0.1) is 0 Å². The minimum absolute atomic E-state index is 0.292. The lowest BCUT2D eigenvalue weighted by atomic mass is 10.3. The van der Waals surface area contributed by atoms with Crippen LogP contribution in [0.3, 0.4) is 0 Å². The Labute approximate surface area is 130 Å². The van der Waals surface area contributed by atoms with Gasteiger partial charge in [0.1, 0.15) is 0 Å². The number of carboxylic acid groups (broad SMARTS) is 3. The molecule has 0 fully saturated rings. The highest BCUT2D eigenvalue weighted by Crippen LogP contribution is 1.83. The van der Waals surface area contributed by atoms with Gasteiger partial charge in [-0.25, -0.2) is 0 Å². The third-order valence-electron chi connectivity index (χ3n) is 1.39. The van der Waals surface area contributed by atoms with Crippen molar-refractivity contribution in [2.45, 2.75) is 59.3 Å². The van der Waals surface area contributed by atoms with Crippen LogP contribution < -0.4 is 0 Å². The van der Waals surface area contributed by atoms with E-state index in [-0.39, 0.29) is 0 Å². The monoisotopic (exact) mass is 326 g/mol. The van der Waals surface area contributed by atoms with Gasteiger partial charge in [-0.05, 0) is 19.3 Å². The lowest BCUT2D eigenvalue weighted by Crippen LogP contribution is -2.07. The molecule has 6 N–H and O–H groups in total. The summed E-state index contributed by atoms with van der Waals surface area (Å²) in [7, 11) is -2.17. The molecule has 0 radical (unpaired) electrons. The quantitative estimate of drug-likeness (QED) is 0.381. The van der Waals surface area contributed by atoms with E-state index in [4.69, 9.17) is 30.4 Å². The molecule has 10 heteroatoms. The molecule has 0 aliphatic carbocycles. The molecule has 9 nitrogen and oxygen atoms in total. The fraction of sp³-hybridized carbons (Fsp3) is 0.750. The van der Waals surface area contributed by atoms with Crippen LogP contribution in [0.2, 0.25) is 0 Å². The molecule has 0 atom stereocenters. The van der Waals surface area contributed by atoms with E-state index in [9.17, 15) is 14.4 Å². The molecule has 0 amide bonds. The van der Waals surface area contributed by atoms with Gasteiger partial charge in [-0.1, -0.05) is 20.8 Å². The van der Waals surface area contributed by atoms with Gasteiger partial charge in [-0.15, -0.1) is 0 Å². The maximum atomic E-state index is 9.60. The number of aliphatic carboxylic acids is 3. The van der Waals surface area contributed by atoms with Crippen LogP contribution in [0.4, 0.5) is 0 Å². The average Bonchev–Trinajstić information content (AvgIpc) is 2.28. The second kappa shape index (κ2) is 24.4. The van der Waals surface area contributed by atoms with E-state index >= 15 is 0 Å². The Kier molecular flexibility index (Phi) is 31.6. The second-order valence-electron chi connectivity index (χ2n) is 3.78. The Morgan fingerprint density at radius 2 is 0.773 bits per heavy atom. The van der Waals surface area contributed by atoms with Gasteiger partial charge in [0.25, 0.3) is 0 Å². The van der Waals surface area contributed by atoms with Crippen LogP contribution in [0.5, 0.6) is 0 Å². The molecule has 0 bridgehead atoms. The summed E-state index contributed by atoms with van der Waals surface area (Å²) in [5, 5.41) is 45.2. The highest BCUT2D eigenvalue weighted by atomic mass is 16.5. The highest BCUT2D eigenvalue weighted by Gasteiger charge is 1.92. The highest BCUT2D eigenvalue weighted by molar-refractivity contribution is 6.30. The first-order valence-electron chi connectivity index (χ1n) is 6.74. The molecular formula is C12H27BO9. The van der Waals surface area contributed by atoms with Crippen molar-refractivity contribution in [1.29, 1.82) is 0 Å². The standard InChI is InChI=1S/3C4H8O2.BH3O3/c3*1-2-3-4(5)6;2-1(3)4/h3*2-3H2,1H3,(H,5,6);2-4H. The summed E-state index contributed by atoms with van der Waals surface area (Å²) in [6.07, 6.45) is 3.07. The Bertz CT molecular complexity index is 229. The minimum Gasteiger partial charge on any atom is -0.481 e. The van der Waals surface area contributed by atoms with E-state index < -0.39 is 25.2 Å². The molecule has 0 rings (SSSR count). The zero-order chi connectivity index (χ0) is 18.6.